The first-order valence-corrected chi connectivity index (χ1v) is 19.4. The van der Waals surface area contributed by atoms with Gasteiger partial charge in [-0.3, -0.25) is 24.4 Å². The number of carbonyl (C=O) groups is 4. The first kappa shape index (κ1) is 45.0. The largest absolute Gasteiger partial charge is 0.507 e. The van der Waals surface area contributed by atoms with Crippen LogP contribution in [0, 0.1) is 33.1 Å². The first-order valence-electron chi connectivity index (χ1n) is 19.4. The van der Waals surface area contributed by atoms with Gasteiger partial charge < -0.3 is 29.5 Å². The molecule has 2 aliphatic heterocycles. The summed E-state index contributed by atoms with van der Waals surface area (Å²) in [5.74, 6) is -2.57. The summed E-state index contributed by atoms with van der Waals surface area (Å²) >= 11 is 0. The molecule has 57 heavy (non-hydrogen) atoms. The molecule has 2 amide bonds. The molecule has 1 unspecified atom stereocenters. The van der Waals surface area contributed by atoms with Gasteiger partial charge in [-0.15, -0.1) is 0 Å². The fourth-order valence-electron chi connectivity index (χ4n) is 10.0. The lowest BCUT2D eigenvalue weighted by atomic mass is 9.72. The van der Waals surface area contributed by atoms with Crippen molar-refractivity contribution in [2.24, 2.45) is 5.41 Å². The maximum atomic E-state index is 15.4. The second-order valence-electron chi connectivity index (χ2n) is 18.6. The molecule has 3 N–H and O–H groups in total. The van der Waals surface area contributed by atoms with Gasteiger partial charge in [-0.25, -0.2) is 4.89 Å². The Kier molecular flexibility index (Phi) is 12.6. The van der Waals surface area contributed by atoms with E-state index < -0.39 is 64.2 Å². The van der Waals surface area contributed by atoms with Gasteiger partial charge in [0, 0.05) is 54.3 Å². The highest BCUT2D eigenvalue weighted by molar-refractivity contribution is 6.02. The van der Waals surface area contributed by atoms with Gasteiger partial charge in [-0.2, -0.15) is 0 Å². The summed E-state index contributed by atoms with van der Waals surface area (Å²) in [5, 5.41) is 32.4. The Bertz CT molecular complexity index is 1790. The first-order chi connectivity index (χ1) is 26.2. The quantitative estimate of drug-likeness (QED) is 0.0678. The summed E-state index contributed by atoms with van der Waals surface area (Å²) < 4.78 is 12.9. The zero-order valence-corrected chi connectivity index (χ0v) is 35.7. The standard InChI is InChI=1S/C45H62N2O10/c1-15-34(48)46-41(7,8)22-32(23-42(46,9)10)55-39(52)45(21-30-17-26(3)36(50)27(4)18-30,38(57-54)31-19-28(5)37(51)29(6)20-31)40(53)56-33-24-43(11,12)47(35(49)16-2)44(13,14)25-33/h15-20,32-33,38,50-51,54H,1-2,21-25H2,3-14H3. The summed E-state index contributed by atoms with van der Waals surface area (Å²) in [6.45, 7) is 29.0. The predicted molar refractivity (Wildman–Crippen MR) is 216 cm³/mol. The number of esters is 2. The molecule has 0 spiro atoms. The van der Waals surface area contributed by atoms with E-state index in [2.05, 4.69) is 13.2 Å². The van der Waals surface area contributed by atoms with E-state index in [9.17, 15) is 25.1 Å². The van der Waals surface area contributed by atoms with Gasteiger partial charge >= 0.3 is 11.9 Å². The van der Waals surface area contributed by atoms with E-state index in [0.717, 1.165) is 0 Å². The van der Waals surface area contributed by atoms with E-state index in [0.29, 0.717) is 27.8 Å². The zero-order chi connectivity index (χ0) is 43.2. The van der Waals surface area contributed by atoms with Crippen molar-refractivity contribution in [3.63, 3.8) is 0 Å². The highest BCUT2D eigenvalue weighted by atomic mass is 17.1. The van der Waals surface area contributed by atoms with Gasteiger partial charge in [0.2, 0.25) is 17.2 Å². The van der Waals surface area contributed by atoms with Crippen LogP contribution in [0.5, 0.6) is 11.5 Å². The molecule has 1 atom stereocenters. The molecule has 12 heteroatoms. The average Bonchev–Trinajstić information content (AvgIpc) is 3.06. The van der Waals surface area contributed by atoms with Gasteiger partial charge in [0.25, 0.3) is 0 Å². The van der Waals surface area contributed by atoms with Crippen LogP contribution in [-0.4, -0.2) is 83.4 Å². The molecule has 0 aliphatic carbocycles. The number of aromatic hydroxyl groups is 2. The highest BCUT2D eigenvalue weighted by Crippen LogP contribution is 2.48. The average molecular weight is 791 g/mol. The second kappa shape index (κ2) is 15.9. The molecule has 12 nitrogen and oxygen atoms in total. The zero-order valence-electron chi connectivity index (χ0n) is 35.7. The molecule has 2 aromatic rings. The van der Waals surface area contributed by atoms with E-state index in [1.807, 2.05) is 55.4 Å². The number of amides is 2. The van der Waals surface area contributed by atoms with Crippen LogP contribution in [0.25, 0.3) is 0 Å². The van der Waals surface area contributed by atoms with E-state index in [1.54, 1.807) is 49.6 Å². The second-order valence-corrected chi connectivity index (χ2v) is 18.6. The maximum absolute atomic E-state index is 15.4. The van der Waals surface area contributed by atoms with Gasteiger partial charge in [0.1, 0.15) is 29.8 Å². The Morgan fingerprint density at radius 2 is 1.00 bits per heavy atom. The fraction of sp³-hybridized carbons (Fsp3) is 0.556. The van der Waals surface area contributed by atoms with Crippen molar-refractivity contribution >= 4 is 23.8 Å². The minimum atomic E-state index is -2.43. The number of aryl methyl sites for hydroxylation is 4. The molecule has 0 radical (unpaired) electrons. The summed E-state index contributed by atoms with van der Waals surface area (Å²) in [7, 11) is 0. The Labute approximate surface area is 337 Å². The molecule has 2 aliphatic rings. The molecule has 0 aromatic heterocycles. The number of carbonyl (C=O) groups excluding carboxylic acids is 4. The number of ether oxygens (including phenoxy) is 2. The SMILES string of the molecule is C=CC(=O)N1C(C)(C)CC(OC(=O)C(Cc2cc(C)c(O)c(C)c2)(C(=O)OC2CC(C)(C)N(C(=O)C=C)C(C)(C)C2)C(OO)c2cc(C)c(O)c(C)c2)CC1(C)C. The summed E-state index contributed by atoms with van der Waals surface area (Å²) in [6, 6.07) is 6.36. The van der Waals surface area contributed by atoms with Gasteiger partial charge in [-0.1, -0.05) is 25.3 Å². The lowest BCUT2D eigenvalue weighted by Crippen LogP contribution is -2.65. The van der Waals surface area contributed by atoms with E-state index >= 15 is 9.59 Å². The van der Waals surface area contributed by atoms with Crippen LogP contribution in [0.15, 0.2) is 49.6 Å². The highest BCUT2D eigenvalue weighted by Gasteiger charge is 2.60. The number of piperidine rings is 2. The van der Waals surface area contributed by atoms with Crippen LogP contribution in [0.3, 0.4) is 0 Å². The molecule has 2 aromatic carbocycles. The van der Waals surface area contributed by atoms with Crippen molar-refractivity contribution < 1.29 is 49.0 Å². The monoisotopic (exact) mass is 790 g/mol. The molecule has 0 bridgehead atoms. The molecular formula is C45H62N2O10. The van der Waals surface area contributed by atoms with Crippen molar-refractivity contribution in [2.75, 3.05) is 0 Å². The number of benzene rings is 2. The third-order valence-electron chi connectivity index (χ3n) is 11.8. The molecule has 0 saturated carbocycles. The van der Waals surface area contributed by atoms with Gasteiger partial charge in [-0.05, 0) is 141 Å². The molecule has 4 rings (SSSR count). The molecular weight excluding hydrogens is 728 g/mol. The summed E-state index contributed by atoms with van der Waals surface area (Å²) in [4.78, 5) is 65.8. The van der Waals surface area contributed by atoms with Gasteiger partial charge in [0.05, 0.1) is 0 Å². The van der Waals surface area contributed by atoms with Crippen molar-refractivity contribution in [3.05, 3.63) is 83.0 Å². The number of phenolic OH excluding ortho intramolecular Hbond substituents is 2. The summed E-state index contributed by atoms with van der Waals surface area (Å²) in [6.07, 6.45) is -0.368. The van der Waals surface area contributed by atoms with Crippen LogP contribution < -0.4 is 0 Å². The lowest BCUT2D eigenvalue weighted by molar-refractivity contribution is -0.308. The molecule has 2 fully saturated rings. The van der Waals surface area contributed by atoms with Crippen LogP contribution in [0.2, 0.25) is 0 Å². The molecule has 2 saturated heterocycles. The van der Waals surface area contributed by atoms with Crippen molar-refractivity contribution in [2.45, 2.75) is 156 Å². The Balaban J connectivity index is 1.96. The van der Waals surface area contributed by atoms with Crippen LogP contribution in [0.1, 0.15) is 121 Å². The number of rotatable bonds is 11. The van der Waals surface area contributed by atoms with Crippen molar-refractivity contribution in [3.8, 4) is 11.5 Å². The topological polar surface area (TPSA) is 163 Å². The Hall–Kier alpha value is -4.68. The van der Waals surface area contributed by atoms with Gasteiger partial charge in [0.15, 0.2) is 0 Å². The van der Waals surface area contributed by atoms with Crippen molar-refractivity contribution in [1.29, 1.82) is 0 Å². The van der Waals surface area contributed by atoms with Crippen LogP contribution >= 0.6 is 0 Å². The number of nitrogens with zero attached hydrogens (tertiary/aromatic N) is 2. The minimum Gasteiger partial charge on any atom is -0.507 e. The van der Waals surface area contributed by atoms with E-state index in [-0.39, 0.29) is 54.6 Å². The van der Waals surface area contributed by atoms with E-state index in [4.69, 9.17) is 14.4 Å². The van der Waals surface area contributed by atoms with Crippen molar-refractivity contribution in [1.82, 2.24) is 9.80 Å². The van der Waals surface area contributed by atoms with Crippen LogP contribution in [0.4, 0.5) is 0 Å². The summed E-state index contributed by atoms with van der Waals surface area (Å²) in [5.41, 5.74) is -3.21. The number of hydrogen-bond donors (Lipinski definition) is 3. The third-order valence-corrected chi connectivity index (χ3v) is 11.8. The Morgan fingerprint density at radius 3 is 1.30 bits per heavy atom. The van der Waals surface area contributed by atoms with E-state index in [1.165, 1.54) is 24.3 Å². The maximum Gasteiger partial charge on any atom is 0.327 e. The minimum absolute atomic E-state index is 0.00781. The number of hydrogen-bond acceptors (Lipinski definition) is 10. The smallest absolute Gasteiger partial charge is 0.327 e. The number of phenols is 2. The normalized spacial score (nSPS) is 19.7. The third kappa shape index (κ3) is 8.62. The Morgan fingerprint density at radius 1 is 0.684 bits per heavy atom. The fourth-order valence-corrected chi connectivity index (χ4v) is 10.0. The molecule has 2 heterocycles. The predicted octanol–water partition coefficient (Wildman–Crippen LogP) is 7.65. The van der Waals surface area contributed by atoms with Crippen LogP contribution in [-0.2, 0) is 40.0 Å². The number of likely N-dealkylation sites (tertiary alicyclic amines) is 2. The lowest BCUT2D eigenvalue weighted by Gasteiger charge is -2.55. The molecule has 312 valence electrons.